The Balaban J connectivity index is 0.00000312. The zero-order chi connectivity index (χ0) is 17.6. The predicted molar refractivity (Wildman–Crippen MR) is 99.6 cm³/mol. The summed E-state index contributed by atoms with van der Waals surface area (Å²) in [4.78, 5) is 2.27. The van der Waals surface area contributed by atoms with Gasteiger partial charge in [0.25, 0.3) is 0 Å². The summed E-state index contributed by atoms with van der Waals surface area (Å²) in [5.41, 5.74) is -0.0416. The minimum Gasteiger partial charge on any atom is -0.314 e. The minimum absolute atomic E-state index is 0. The zero-order valence-electron chi connectivity index (χ0n) is 14.1. The van der Waals surface area contributed by atoms with Crippen LogP contribution in [-0.4, -0.2) is 31.1 Å². The van der Waals surface area contributed by atoms with Gasteiger partial charge in [-0.1, -0.05) is 30.2 Å². The Bertz CT molecular complexity index is 544. The van der Waals surface area contributed by atoms with Crippen molar-refractivity contribution >= 4 is 24.0 Å². The first-order valence-electron chi connectivity index (χ1n) is 8.36. The first-order valence-corrected chi connectivity index (χ1v) is 8.73. The molecule has 1 heterocycles. The standard InChI is InChI=1S/C18H24ClF3N2.ClH/c1-2-3-4-5-6-17(24-11-9-23-10-12-24)14-7-8-16(19)15(13-14)18(20,21)22;/h2,7-8,13,17,23H,1,3-6,9-12H2;1H/t17-;/m0./s1. The molecule has 142 valence electrons. The van der Waals surface area contributed by atoms with Gasteiger partial charge < -0.3 is 5.32 Å². The van der Waals surface area contributed by atoms with Crippen molar-refractivity contribution in [2.75, 3.05) is 26.2 Å². The molecule has 1 fully saturated rings. The van der Waals surface area contributed by atoms with Gasteiger partial charge in [0.15, 0.2) is 0 Å². The molecule has 2 nitrogen and oxygen atoms in total. The SMILES string of the molecule is C=CCCCC[C@@H](c1ccc(Cl)c(C(F)(F)F)c1)N1CCNCC1.Cl. The lowest BCUT2D eigenvalue weighted by atomic mass is 9.96. The average Bonchev–Trinajstić information content (AvgIpc) is 2.55. The quantitative estimate of drug-likeness (QED) is 0.485. The Hall–Kier alpha value is -0.750. The zero-order valence-corrected chi connectivity index (χ0v) is 15.7. The van der Waals surface area contributed by atoms with Crippen LogP contribution in [0.15, 0.2) is 30.9 Å². The summed E-state index contributed by atoms with van der Waals surface area (Å²) >= 11 is 5.76. The molecule has 0 amide bonds. The van der Waals surface area contributed by atoms with Crippen LogP contribution in [0.1, 0.15) is 42.9 Å². The fourth-order valence-corrected chi connectivity index (χ4v) is 3.37. The van der Waals surface area contributed by atoms with E-state index >= 15 is 0 Å². The second-order valence-electron chi connectivity index (χ2n) is 6.11. The number of allylic oxidation sites excluding steroid dienone is 1. The summed E-state index contributed by atoms with van der Waals surface area (Å²) in [5, 5.41) is 3.05. The maximum absolute atomic E-state index is 13.2. The molecule has 25 heavy (non-hydrogen) atoms. The number of hydrogen-bond donors (Lipinski definition) is 1. The summed E-state index contributed by atoms with van der Waals surface area (Å²) in [5.74, 6) is 0. The Kier molecular flexibility index (Phi) is 9.28. The average molecular weight is 397 g/mol. The van der Waals surface area contributed by atoms with E-state index in [2.05, 4.69) is 16.8 Å². The molecule has 1 atom stereocenters. The highest BCUT2D eigenvalue weighted by Crippen LogP contribution is 2.38. The van der Waals surface area contributed by atoms with Crippen LogP contribution in [0.4, 0.5) is 13.2 Å². The van der Waals surface area contributed by atoms with Gasteiger partial charge in [-0.15, -0.1) is 19.0 Å². The Morgan fingerprint density at radius 3 is 2.52 bits per heavy atom. The second kappa shape index (κ2) is 10.4. The molecule has 1 aliphatic heterocycles. The van der Waals surface area contributed by atoms with E-state index in [9.17, 15) is 13.2 Å². The molecular formula is C18H25Cl2F3N2. The molecule has 0 aliphatic carbocycles. The lowest BCUT2D eigenvalue weighted by molar-refractivity contribution is -0.137. The lowest BCUT2D eigenvalue weighted by Crippen LogP contribution is -2.45. The second-order valence-corrected chi connectivity index (χ2v) is 6.52. The number of unbranched alkanes of at least 4 members (excludes halogenated alkanes) is 2. The molecule has 1 aromatic carbocycles. The highest BCUT2D eigenvalue weighted by Gasteiger charge is 2.34. The molecule has 1 N–H and O–H groups in total. The number of piperazine rings is 1. The molecule has 1 aliphatic rings. The highest BCUT2D eigenvalue weighted by atomic mass is 35.5. The Labute approximate surface area is 158 Å². The third kappa shape index (κ3) is 6.48. The molecule has 0 spiro atoms. The number of rotatable bonds is 7. The first-order chi connectivity index (χ1) is 11.4. The number of benzene rings is 1. The monoisotopic (exact) mass is 396 g/mol. The maximum atomic E-state index is 13.2. The van der Waals surface area contributed by atoms with Gasteiger partial charge in [-0.2, -0.15) is 13.2 Å². The van der Waals surface area contributed by atoms with Crippen LogP contribution in [-0.2, 0) is 6.18 Å². The third-order valence-corrected chi connectivity index (χ3v) is 4.74. The van der Waals surface area contributed by atoms with Crippen molar-refractivity contribution in [2.45, 2.75) is 37.9 Å². The number of nitrogens with zero attached hydrogens (tertiary/aromatic N) is 1. The molecule has 0 unspecified atom stereocenters. The maximum Gasteiger partial charge on any atom is 0.417 e. The fraction of sp³-hybridized carbons (Fsp3) is 0.556. The van der Waals surface area contributed by atoms with Gasteiger partial charge in [-0.25, -0.2) is 0 Å². The molecule has 1 aromatic rings. The topological polar surface area (TPSA) is 15.3 Å². The van der Waals surface area contributed by atoms with Crippen molar-refractivity contribution in [2.24, 2.45) is 0 Å². The van der Waals surface area contributed by atoms with Crippen LogP contribution in [0.2, 0.25) is 5.02 Å². The predicted octanol–water partition coefficient (Wildman–Crippen LogP) is 5.47. The van der Waals surface area contributed by atoms with E-state index in [1.54, 1.807) is 6.07 Å². The van der Waals surface area contributed by atoms with Crippen LogP contribution in [0.3, 0.4) is 0 Å². The van der Waals surface area contributed by atoms with E-state index in [-0.39, 0.29) is 23.5 Å². The third-order valence-electron chi connectivity index (χ3n) is 4.41. The van der Waals surface area contributed by atoms with E-state index in [1.807, 2.05) is 6.08 Å². The van der Waals surface area contributed by atoms with Gasteiger partial charge in [0.2, 0.25) is 0 Å². The van der Waals surface area contributed by atoms with Gasteiger partial charge in [0, 0.05) is 32.2 Å². The summed E-state index contributed by atoms with van der Waals surface area (Å²) in [7, 11) is 0. The summed E-state index contributed by atoms with van der Waals surface area (Å²) in [6.07, 6.45) is 1.19. The molecule has 0 aromatic heterocycles. The number of halogens is 5. The number of hydrogen-bond acceptors (Lipinski definition) is 2. The van der Waals surface area contributed by atoms with Crippen molar-refractivity contribution in [1.82, 2.24) is 10.2 Å². The molecule has 0 radical (unpaired) electrons. The van der Waals surface area contributed by atoms with E-state index < -0.39 is 11.7 Å². The first kappa shape index (κ1) is 22.3. The van der Waals surface area contributed by atoms with E-state index in [1.165, 1.54) is 12.1 Å². The molecule has 1 saturated heterocycles. The van der Waals surface area contributed by atoms with Crippen molar-refractivity contribution in [1.29, 1.82) is 0 Å². The molecule has 0 bridgehead atoms. The summed E-state index contributed by atoms with van der Waals surface area (Å²) in [6, 6.07) is 4.33. The van der Waals surface area contributed by atoms with E-state index in [4.69, 9.17) is 11.6 Å². The van der Waals surface area contributed by atoms with Crippen LogP contribution < -0.4 is 5.32 Å². The van der Waals surface area contributed by atoms with Crippen LogP contribution in [0.5, 0.6) is 0 Å². The molecule has 7 heteroatoms. The number of nitrogens with one attached hydrogen (secondary N) is 1. The lowest BCUT2D eigenvalue weighted by Gasteiger charge is -2.35. The fourth-order valence-electron chi connectivity index (χ4n) is 3.15. The highest BCUT2D eigenvalue weighted by molar-refractivity contribution is 6.31. The Morgan fingerprint density at radius 1 is 1.24 bits per heavy atom. The van der Waals surface area contributed by atoms with Gasteiger partial charge in [0.1, 0.15) is 0 Å². The van der Waals surface area contributed by atoms with E-state index in [0.717, 1.165) is 51.9 Å². The summed E-state index contributed by atoms with van der Waals surface area (Å²) in [6.45, 7) is 7.13. The van der Waals surface area contributed by atoms with Crippen molar-refractivity contribution in [3.8, 4) is 0 Å². The van der Waals surface area contributed by atoms with Gasteiger partial charge in [-0.3, -0.25) is 4.90 Å². The minimum atomic E-state index is -4.43. The van der Waals surface area contributed by atoms with Crippen molar-refractivity contribution < 1.29 is 13.2 Å². The van der Waals surface area contributed by atoms with Gasteiger partial charge in [0.05, 0.1) is 10.6 Å². The molecular weight excluding hydrogens is 372 g/mol. The smallest absolute Gasteiger partial charge is 0.314 e. The summed E-state index contributed by atoms with van der Waals surface area (Å²) < 4.78 is 39.5. The van der Waals surface area contributed by atoms with Gasteiger partial charge >= 0.3 is 6.18 Å². The van der Waals surface area contributed by atoms with Gasteiger partial charge in [-0.05, 0) is 37.0 Å². The van der Waals surface area contributed by atoms with E-state index in [0.29, 0.717) is 5.56 Å². The Morgan fingerprint density at radius 2 is 1.92 bits per heavy atom. The molecule has 0 saturated carbocycles. The van der Waals surface area contributed by atoms with Crippen molar-refractivity contribution in [3.05, 3.63) is 47.0 Å². The van der Waals surface area contributed by atoms with Crippen LogP contribution in [0.25, 0.3) is 0 Å². The largest absolute Gasteiger partial charge is 0.417 e. The van der Waals surface area contributed by atoms with Crippen LogP contribution >= 0.6 is 24.0 Å². The number of alkyl halides is 3. The molecule has 2 rings (SSSR count). The van der Waals surface area contributed by atoms with Crippen LogP contribution in [0, 0.1) is 0 Å². The normalized spacial score (nSPS) is 17.0. The van der Waals surface area contributed by atoms with Crippen molar-refractivity contribution in [3.63, 3.8) is 0 Å².